The van der Waals surface area contributed by atoms with Crippen LogP contribution in [0, 0.1) is 6.92 Å². The van der Waals surface area contributed by atoms with Crippen LogP contribution in [0.2, 0.25) is 0 Å². The second-order valence-corrected chi connectivity index (χ2v) is 4.97. The molecule has 0 aliphatic carbocycles. The van der Waals surface area contributed by atoms with Crippen LogP contribution < -0.4 is 5.32 Å². The molecule has 0 saturated carbocycles. The maximum Gasteiger partial charge on any atom is 0.248 e. The number of nitrogens with zero attached hydrogens (tertiary/aromatic N) is 3. The molecular weight excluding hydrogens is 276 g/mol. The van der Waals surface area contributed by atoms with Crippen LogP contribution in [0.5, 0.6) is 0 Å². The van der Waals surface area contributed by atoms with Crippen molar-refractivity contribution in [2.45, 2.75) is 13.8 Å². The molecule has 0 bridgehead atoms. The van der Waals surface area contributed by atoms with Crippen molar-refractivity contribution in [1.29, 1.82) is 0 Å². The summed E-state index contributed by atoms with van der Waals surface area (Å²) in [6.45, 7) is 3.77. The van der Waals surface area contributed by atoms with Gasteiger partial charge in [-0.05, 0) is 37.6 Å². The quantitative estimate of drug-likeness (QED) is 0.754. The molecular formula is C17H16N4O. The third kappa shape index (κ3) is 2.74. The van der Waals surface area contributed by atoms with Crippen molar-refractivity contribution in [3.8, 4) is 11.3 Å². The Morgan fingerprint density at radius 1 is 1.36 bits per heavy atom. The van der Waals surface area contributed by atoms with Gasteiger partial charge in [0.2, 0.25) is 11.7 Å². The zero-order chi connectivity index (χ0) is 15.5. The maximum absolute atomic E-state index is 11.7. The fourth-order valence-electron chi connectivity index (χ4n) is 2.21. The van der Waals surface area contributed by atoms with E-state index in [4.69, 9.17) is 0 Å². The monoisotopic (exact) mass is 292 g/mol. The molecule has 2 heterocycles. The highest BCUT2D eigenvalue weighted by molar-refractivity contribution is 6.00. The van der Waals surface area contributed by atoms with E-state index < -0.39 is 0 Å². The number of allylic oxidation sites excluding steroid dienone is 1. The molecule has 3 rings (SSSR count). The number of hydrogen-bond acceptors (Lipinski definition) is 3. The summed E-state index contributed by atoms with van der Waals surface area (Å²) in [6.07, 6.45) is 8.75. The highest BCUT2D eigenvalue weighted by Crippen LogP contribution is 2.25. The van der Waals surface area contributed by atoms with Crippen LogP contribution in [0.25, 0.3) is 17.0 Å². The highest BCUT2D eigenvalue weighted by atomic mass is 16.1. The molecule has 22 heavy (non-hydrogen) atoms. The van der Waals surface area contributed by atoms with E-state index in [1.54, 1.807) is 12.3 Å². The van der Waals surface area contributed by atoms with Gasteiger partial charge in [0.15, 0.2) is 0 Å². The van der Waals surface area contributed by atoms with E-state index in [-0.39, 0.29) is 5.91 Å². The van der Waals surface area contributed by atoms with Gasteiger partial charge in [0.25, 0.3) is 0 Å². The lowest BCUT2D eigenvalue weighted by Crippen LogP contribution is -2.08. The molecule has 1 aromatic carbocycles. The topological polar surface area (TPSA) is 59.3 Å². The summed E-state index contributed by atoms with van der Waals surface area (Å²) in [5.41, 5.74) is 3.54. The molecule has 0 aliphatic rings. The first-order valence-electron chi connectivity index (χ1n) is 7.02. The van der Waals surface area contributed by atoms with E-state index in [2.05, 4.69) is 15.3 Å². The second-order valence-electron chi connectivity index (χ2n) is 4.97. The SMILES string of the molecule is C/C=C/C(=O)Nc1cc(-c2cn3cccnc3n2)ccc1C. The minimum Gasteiger partial charge on any atom is -0.322 e. The summed E-state index contributed by atoms with van der Waals surface area (Å²) >= 11 is 0. The number of carbonyl (C=O) groups is 1. The van der Waals surface area contributed by atoms with E-state index in [1.165, 1.54) is 6.08 Å². The third-order valence-corrected chi connectivity index (χ3v) is 3.34. The van der Waals surface area contributed by atoms with Gasteiger partial charge in [-0.1, -0.05) is 18.2 Å². The lowest BCUT2D eigenvalue weighted by Gasteiger charge is -2.08. The number of rotatable bonds is 3. The number of aromatic nitrogens is 3. The average Bonchev–Trinajstić information content (AvgIpc) is 2.93. The Morgan fingerprint density at radius 2 is 2.23 bits per heavy atom. The van der Waals surface area contributed by atoms with E-state index in [9.17, 15) is 4.79 Å². The molecule has 1 amide bonds. The van der Waals surface area contributed by atoms with Crippen LogP contribution in [-0.4, -0.2) is 20.3 Å². The Kier molecular flexibility index (Phi) is 3.70. The predicted molar refractivity (Wildman–Crippen MR) is 86.6 cm³/mol. The van der Waals surface area contributed by atoms with Crippen LogP contribution in [0.3, 0.4) is 0 Å². The standard InChI is InChI=1S/C17H16N4O/c1-3-5-16(22)19-14-10-13(7-6-12(14)2)15-11-21-9-4-8-18-17(21)20-15/h3-11H,1-2H3,(H,19,22)/b5-3+. The zero-order valence-electron chi connectivity index (χ0n) is 12.4. The normalized spacial score (nSPS) is 11.2. The summed E-state index contributed by atoms with van der Waals surface area (Å²) in [5, 5.41) is 2.88. The Balaban J connectivity index is 1.99. The predicted octanol–water partition coefficient (Wildman–Crippen LogP) is 3.22. The van der Waals surface area contributed by atoms with Gasteiger partial charge >= 0.3 is 0 Å². The van der Waals surface area contributed by atoms with E-state index in [1.807, 2.05) is 54.9 Å². The van der Waals surface area contributed by atoms with Gasteiger partial charge in [-0.3, -0.25) is 9.20 Å². The molecule has 5 nitrogen and oxygen atoms in total. The maximum atomic E-state index is 11.7. The van der Waals surface area contributed by atoms with Crippen LogP contribution in [-0.2, 0) is 4.79 Å². The van der Waals surface area contributed by atoms with Gasteiger partial charge in [0.05, 0.1) is 5.69 Å². The molecule has 1 N–H and O–H groups in total. The van der Waals surface area contributed by atoms with Gasteiger partial charge in [-0.25, -0.2) is 9.97 Å². The van der Waals surface area contributed by atoms with Crippen molar-refractivity contribution in [3.05, 3.63) is 60.6 Å². The molecule has 3 aromatic rings. The summed E-state index contributed by atoms with van der Waals surface area (Å²) in [6, 6.07) is 7.75. The number of anilines is 1. The lowest BCUT2D eigenvalue weighted by molar-refractivity contribution is -0.111. The summed E-state index contributed by atoms with van der Waals surface area (Å²) < 4.78 is 1.87. The molecule has 2 aromatic heterocycles. The molecule has 0 atom stereocenters. The van der Waals surface area contributed by atoms with Crippen molar-refractivity contribution >= 4 is 17.4 Å². The molecule has 110 valence electrons. The number of nitrogens with one attached hydrogen (secondary N) is 1. The fraction of sp³-hybridized carbons (Fsp3) is 0.118. The largest absolute Gasteiger partial charge is 0.322 e. The number of carbonyl (C=O) groups excluding carboxylic acids is 1. The number of hydrogen-bond donors (Lipinski definition) is 1. The summed E-state index contributed by atoms with van der Waals surface area (Å²) in [7, 11) is 0. The van der Waals surface area contributed by atoms with Crippen molar-refractivity contribution in [2.75, 3.05) is 5.32 Å². The Morgan fingerprint density at radius 3 is 3.00 bits per heavy atom. The van der Waals surface area contributed by atoms with E-state index in [0.29, 0.717) is 5.78 Å². The minimum absolute atomic E-state index is 0.139. The number of aryl methyl sites for hydroxylation is 1. The van der Waals surface area contributed by atoms with Gasteiger partial charge in [-0.2, -0.15) is 0 Å². The summed E-state index contributed by atoms with van der Waals surface area (Å²) in [4.78, 5) is 20.4. The number of imidazole rings is 1. The second kappa shape index (κ2) is 5.81. The Hall–Kier alpha value is -2.95. The smallest absolute Gasteiger partial charge is 0.248 e. The molecule has 0 radical (unpaired) electrons. The van der Waals surface area contributed by atoms with Crippen LogP contribution in [0.4, 0.5) is 5.69 Å². The number of fused-ring (bicyclic) bond motifs is 1. The van der Waals surface area contributed by atoms with Crippen molar-refractivity contribution in [3.63, 3.8) is 0 Å². The molecule has 0 spiro atoms. The van der Waals surface area contributed by atoms with Gasteiger partial charge in [0, 0.05) is 29.8 Å². The van der Waals surface area contributed by atoms with Crippen molar-refractivity contribution < 1.29 is 4.79 Å². The van der Waals surface area contributed by atoms with Crippen LogP contribution in [0.1, 0.15) is 12.5 Å². The molecule has 0 unspecified atom stereocenters. The van der Waals surface area contributed by atoms with E-state index >= 15 is 0 Å². The minimum atomic E-state index is -0.139. The third-order valence-electron chi connectivity index (χ3n) is 3.34. The molecule has 0 aliphatic heterocycles. The number of benzene rings is 1. The lowest BCUT2D eigenvalue weighted by atomic mass is 10.1. The average molecular weight is 292 g/mol. The highest BCUT2D eigenvalue weighted by Gasteiger charge is 2.08. The van der Waals surface area contributed by atoms with E-state index in [0.717, 1.165) is 22.5 Å². The Bertz CT molecular complexity index is 831. The number of amides is 1. The summed E-state index contributed by atoms with van der Waals surface area (Å²) in [5.74, 6) is 0.511. The fourth-order valence-corrected chi connectivity index (χ4v) is 2.21. The van der Waals surface area contributed by atoms with Crippen molar-refractivity contribution in [1.82, 2.24) is 14.4 Å². The first-order valence-corrected chi connectivity index (χ1v) is 7.02. The zero-order valence-corrected chi connectivity index (χ0v) is 12.4. The molecule has 0 fully saturated rings. The van der Waals surface area contributed by atoms with Gasteiger partial charge in [0.1, 0.15) is 0 Å². The molecule has 0 saturated heterocycles. The van der Waals surface area contributed by atoms with Crippen LogP contribution in [0.15, 0.2) is 55.0 Å². The van der Waals surface area contributed by atoms with Gasteiger partial charge in [-0.15, -0.1) is 0 Å². The molecule has 5 heteroatoms. The van der Waals surface area contributed by atoms with Crippen LogP contribution >= 0.6 is 0 Å². The van der Waals surface area contributed by atoms with Crippen molar-refractivity contribution in [2.24, 2.45) is 0 Å². The van der Waals surface area contributed by atoms with Gasteiger partial charge < -0.3 is 5.32 Å². The first-order chi connectivity index (χ1) is 10.7. The Labute approximate surface area is 128 Å². The first kappa shape index (κ1) is 14.0.